The number of carbonyl (C=O) groups is 1. The molecule has 2 unspecified atom stereocenters. The summed E-state index contributed by atoms with van der Waals surface area (Å²) in [6.45, 7) is 3.76. The lowest BCUT2D eigenvalue weighted by Crippen LogP contribution is -2.38. The number of hydrogen-bond acceptors (Lipinski definition) is 3. The SMILES string of the molecule is CC(CO)C(C)NC(=O)c1ccc(CO)cc1. The van der Waals surface area contributed by atoms with Gasteiger partial charge in [0.25, 0.3) is 5.91 Å². The van der Waals surface area contributed by atoms with E-state index in [1.54, 1.807) is 24.3 Å². The Labute approximate surface area is 101 Å². The molecule has 0 aliphatic rings. The summed E-state index contributed by atoms with van der Waals surface area (Å²) in [6.07, 6.45) is 0. The number of nitrogens with one attached hydrogen (secondary N) is 1. The molecule has 0 aliphatic heterocycles. The van der Waals surface area contributed by atoms with Crippen molar-refractivity contribution < 1.29 is 15.0 Å². The third kappa shape index (κ3) is 3.84. The molecule has 17 heavy (non-hydrogen) atoms. The van der Waals surface area contributed by atoms with E-state index in [9.17, 15) is 4.79 Å². The van der Waals surface area contributed by atoms with Crippen molar-refractivity contribution in [1.29, 1.82) is 0 Å². The van der Waals surface area contributed by atoms with Gasteiger partial charge in [0.2, 0.25) is 0 Å². The van der Waals surface area contributed by atoms with E-state index >= 15 is 0 Å². The van der Waals surface area contributed by atoms with Crippen LogP contribution in [-0.4, -0.2) is 28.8 Å². The van der Waals surface area contributed by atoms with Crippen molar-refractivity contribution in [2.75, 3.05) is 6.61 Å². The van der Waals surface area contributed by atoms with Crippen LogP contribution in [0, 0.1) is 5.92 Å². The molecule has 0 aliphatic carbocycles. The van der Waals surface area contributed by atoms with Gasteiger partial charge in [0.15, 0.2) is 0 Å². The minimum atomic E-state index is -0.165. The largest absolute Gasteiger partial charge is 0.396 e. The lowest BCUT2D eigenvalue weighted by molar-refractivity contribution is 0.0916. The lowest BCUT2D eigenvalue weighted by atomic mass is 10.0. The standard InChI is InChI=1S/C13H19NO3/c1-9(7-15)10(2)14-13(17)12-5-3-11(8-16)4-6-12/h3-6,9-10,15-16H,7-8H2,1-2H3,(H,14,17). The van der Waals surface area contributed by atoms with Crippen molar-refractivity contribution in [2.24, 2.45) is 5.92 Å². The smallest absolute Gasteiger partial charge is 0.251 e. The Morgan fingerprint density at radius 3 is 2.29 bits per heavy atom. The first kappa shape index (κ1) is 13.7. The highest BCUT2D eigenvalue weighted by molar-refractivity contribution is 5.94. The molecule has 94 valence electrons. The van der Waals surface area contributed by atoms with Gasteiger partial charge < -0.3 is 15.5 Å². The van der Waals surface area contributed by atoms with E-state index in [1.165, 1.54) is 0 Å². The first-order chi connectivity index (χ1) is 8.08. The molecule has 0 fully saturated rings. The molecule has 0 saturated heterocycles. The Bertz CT molecular complexity index is 361. The fourth-order valence-electron chi connectivity index (χ4n) is 1.35. The highest BCUT2D eigenvalue weighted by Crippen LogP contribution is 2.06. The van der Waals surface area contributed by atoms with Gasteiger partial charge in [-0.1, -0.05) is 19.1 Å². The molecule has 0 radical (unpaired) electrons. The van der Waals surface area contributed by atoms with Crippen molar-refractivity contribution in [2.45, 2.75) is 26.5 Å². The Kier molecular flexibility index (Phi) is 5.12. The summed E-state index contributed by atoms with van der Waals surface area (Å²) in [4.78, 5) is 11.8. The Balaban J connectivity index is 2.63. The van der Waals surface area contributed by atoms with Crippen LogP contribution in [0.1, 0.15) is 29.8 Å². The maximum absolute atomic E-state index is 11.8. The molecule has 1 aromatic carbocycles. The highest BCUT2D eigenvalue weighted by atomic mass is 16.3. The van der Waals surface area contributed by atoms with E-state index in [0.717, 1.165) is 5.56 Å². The quantitative estimate of drug-likeness (QED) is 0.713. The molecular weight excluding hydrogens is 218 g/mol. The molecule has 0 aromatic heterocycles. The van der Waals surface area contributed by atoms with Gasteiger partial charge in [0.05, 0.1) is 6.61 Å². The highest BCUT2D eigenvalue weighted by Gasteiger charge is 2.14. The van der Waals surface area contributed by atoms with Crippen LogP contribution in [0.2, 0.25) is 0 Å². The average molecular weight is 237 g/mol. The van der Waals surface area contributed by atoms with E-state index in [1.807, 2.05) is 13.8 Å². The molecule has 0 heterocycles. The summed E-state index contributed by atoms with van der Waals surface area (Å²) in [5.41, 5.74) is 1.33. The molecule has 0 spiro atoms. The van der Waals surface area contributed by atoms with E-state index in [-0.39, 0.29) is 31.1 Å². The van der Waals surface area contributed by atoms with E-state index in [2.05, 4.69) is 5.32 Å². The third-order valence-corrected chi connectivity index (χ3v) is 2.90. The van der Waals surface area contributed by atoms with Crippen molar-refractivity contribution in [3.8, 4) is 0 Å². The van der Waals surface area contributed by atoms with Crippen LogP contribution >= 0.6 is 0 Å². The van der Waals surface area contributed by atoms with Crippen LogP contribution in [0.4, 0.5) is 0 Å². The van der Waals surface area contributed by atoms with Gasteiger partial charge in [-0.05, 0) is 30.5 Å². The minimum Gasteiger partial charge on any atom is -0.396 e. The summed E-state index contributed by atoms with van der Waals surface area (Å²) in [5.74, 6) is -0.141. The maximum atomic E-state index is 11.8. The van der Waals surface area contributed by atoms with Crippen LogP contribution in [0.15, 0.2) is 24.3 Å². The average Bonchev–Trinajstić information content (AvgIpc) is 2.37. The fraction of sp³-hybridized carbons (Fsp3) is 0.462. The van der Waals surface area contributed by atoms with Crippen LogP contribution in [0.25, 0.3) is 0 Å². The second kappa shape index (κ2) is 6.37. The lowest BCUT2D eigenvalue weighted by Gasteiger charge is -2.19. The van der Waals surface area contributed by atoms with Crippen LogP contribution in [0.5, 0.6) is 0 Å². The first-order valence-corrected chi connectivity index (χ1v) is 5.70. The number of hydrogen-bond donors (Lipinski definition) is 3. The van der Waals surface area contributed by atoms with Crippen molar-refractivity contribution in [3.05, 3.63) is 35.4 Å². The summed E-state index contributed by atoms with van der Waals surface area (Å²) in [7, 11) is 0. The Hall–Kier alpha value is -1.39. The number of amides is 1. The fourth-order valence-corrected chi connectivity index (χ4v) is 1.35. The predicted molar refractivity (Wildman–Crippen MR) is 65.5 cm³/mol. The molecule has 3 N–H and O–H groups in total. The van der Waals surface area contributed by atoms with Gasteiger partial charge in [-0.25, -0.2) is 0 Å². The summed E-state index contributed by atoms with van der Waals surface area (Å²) < 4.78 is 0. The minimum absolute atomic E-state index is 0.0238. The van der Waals surface area contributed by atoms with Gasteiger partial charge in [-0.15, -0.1) is 0 Å². The van der Waals surface area contributed by atoms with Gasteiger partial charge in [0, 0.05) is 18.2 Å². The maximum Gasteiger partial charge on any atom is 0.251 e. The first-order valence-electron chi connectivity index (χ1n) is 5.70. The number of carbonyl (C=O) groups excluding carboxylic acids is 1. The monoisotopic (exact) mass is 237 g/mol. The summed E-state index contributed by atoms with van der Waals surface area (Å²) in [6, 6.07) is 6.71. The molecule has 0 saturated carbocycles. The number of aliphatic hydroxyl groups excluding tert-OH is 2. The zero-order valence-corrected chi connectivity index (χ0v) is 10.2. The Morgan fingerprint density at radius 2 is 1.82 bits per heavy atom. The number of rotatable bonds is 5. The molecular formula is C13H19NO3. The molecule has 1 amide bonds. The molecule has 4 heteroatoms. The van der Waals surface area contributed by atoms with Crippen molar-refractivity contribution in [3.63, 3.8) is 0 Å². The molecule has 2 atom stereocenters. The van der Waals surface area contributed by atoms with Gasteiger partial charge in [-0.3, -0.25) is 4.79 Å². The topological polar surface area (TPSA) is 69.6 Å². The molecule has 1 aromatic rings. The zero-order chi connectivity index (χ0) is 12.8. The third-order valence-electron chi connectivity index (χ3n) is 2.90. The van der Waals surface area contributed by atoms with Crippen LogP contribution < -0.4 is 5.32 Å². The van der Waals surface area contributed by atoms with Gasteiger partial charge in [0.1, 0.15) is 0 Å². The second-order valence-corrected chi connectivity index (χ2v) is 4.28. The normalized spacial score (nSPS) is 14.1. The van der Waals surface area contributed by atoms with Gasteiger partial charge in [-0.2, -0.15) is 0 Å². The molecule has 1 rings (SSSR count). The van der Waals surface area contributed by atoms with Crippen molar-refractivity contribution in [1.82, 2.24) is 5.32 Å². The van der Waals surface area contributed by atoms with Crippen LogP contribution in [0.3, 0.4) is 0 Å². The zero-order valence-electron chi connectivity index (χ0n) is 10.2. The summed E-state index contributed by atoms with van der Waals surface area (Å²) >= 11 is 0. The van der Waals surface area contributed by atoms with E-state index < -0.39 is 0 Å². The van der Waals surface area contributed by atoms with Gasteiger partial charge >= 0.3 is 0 Å². The number of benzene rings is 1. The Morgan fingerprint density at radius 1 is 1.24 bits per heavy atom. The predicted octanol–water partition coefficient (Wildman–Crippen LogP) is 0.926. The van der Waals surface area contributed by atoms with E-state index in [4.69, 9.17) is 10.2 Å². The van der Waals surface area contributed by atoms with Crippen LogP contribution in [-0.2, 0) is 6.61 Å². The summed E-state index contributed by atoms with van der Waals surface area (Å²) in [5, 5.41) is 20.7. The second-order valence-electron chi connectivity index (χ2n) is 4.28. The molecule has 4 nitrogen and oxygen atoms in total. The number of aliphatic hydroxyl groups is 2. The van der Waals surface area contributed by atoms with Crippen molar-refractivity contribution >= 4 is 5.91 Å². The van der Waals surface area contributed by atoms with E-state index in [0.29, 0.717) is 5.56 Å². The molecule has 0 bridgehead atoms.